The number of benzene rings is 3. The van der Waals surface area contributed by atoms with Crippen LogP contribution in [0.4, 0.5) is 0 Å². The van der Waals surface area contributed by atoms with Gasteiger partial charge in [0.25, 0.3) is 0 Å². The summed E-state index contributed by atoms with van der Waals surface area (Å²) in [5.41, 5.74) is 0.999. The van der Waals surface area contributed by atoms with E-state index in [2.05, 4.69) is 18.4 Å². The van der Waals surface area contributed by atoms with Crippen LogP contribution in [0.15, 0.2) is 93.5 Å². The molecule has 0 fully saturated rings. The van der Waals surface area contributed by atoms with E-state index >= 15 is 0 Å². The second-order valence-corrected chi connectivity index (χ2v) is 9.16. The van der Waals surface area contributed by atoms with E-state index in [1.54, 1.807) is 36.4 Å². The maximum atomic E-state index is 12.3. The first-order chi connectivity index (χ1) is 12.0. The van der Waals surface area contributed by atoms with Crippen molar-refractivity contribution in [3.63, 3.8) is 0 Å². The Hall–Kier alpha value is -2.24. The zero-order valence-corrected chi connectivity index (χ0v) is 15.7. The Morgan fingerprint density at radius 2 is 1.32 bits per heavy atom. The van der Waals surface area contributed by atoms with Crippen molar-refractivity contribution in [2.45, 2.75) is 21.6 Å². The largest absolute Gasteiger partial charge is 0.379 e. The molecule has 0 bridgehead atoms. The Labute approximate surface area is 151 Å². The van der Waals surface area contributed by atoms with Crippen molar-refractivity contribution in [2.24, 2.45) is 0 Å². The highest BCUT2D eigenvalue weighted by molar-refractivity contribution is 7.96. The van der Waals surface area contributed by atoms with Gasteiger partial charge in [0.2, 0.25) is 0 Å². The van der Waals surface area contributed by atoms with Crippen LogP contribution >= 0.6 is 0 Å². The van der Waals surface area contributed by atoms with E-state index in [-0.39, 0.29) is 15.8 Å². The smallest absolute Gasteiger partial charge is 0.339 e. The van der Waals surface area contributed by atoms with Gasteiger partial charge in [-0.1, -0.05) is 35.9 Å². The summed E-state index contributed by atoms with van der Waals surface area (Å²) in [5.74, 6) is 0.314. The van der Waals surface area contributed by atoms with E-state index in [9.17, 15) is 8.42 Å². The molecule has 0 amide bonds. The molecule has 3 aromatic rings. The van der Waals surface area contributed by atoms with Crippen LogP contribution in [0.1, 0.15) is 5.56 Å². The van der Waals surface area contributed by atoms with Gasteiger partial charge in [0.05, 0.1) is 10.9 Å². The number of hydrogen-bond acceptors (Lipinski definition) is 3. The molecule has 0 saturated carbocycles. The van der Waals surface area contributed by atoms with E-state index < -0.39 is 10.1 Å². The monoisotopic (exact) mass is 371 g/mol. The van der Waals surface area contributed by atoms with Gasteiger partial charge in [-0.15, -0.1) is 0 Å². The van der Waals surface area contributed by atoms with Gasteiger partial charge in [0, 0.05) is 0 Å². The summed E-state index contributed by atoms with van der Waals surface area (Å²) in [5, 5.41) is 0. The molecule has 0 aliphatic rings. The fourth-order valence-corrected chi connectivity index (χ4v) is 4.65. The second-order valence-electron chi connectivity index (χ2n) is 5.65. The van der Waals surface area contributed by atoms with Gasteiger partial charge in [-0.2, -0.15) is 8.42 Å². The second kappa shape index (κ2) is 7.33. The standard InChI is InChI=1S/C20H19O3S2/c1-16-8-14-20(15-9-16)25(21,22)23-17-10-12-19(13-11-17)24(2)18-6-4-3-5-7-18/h3-15H,1-2H3/q+1. The van der Waals surface area contributed by atoms with E-state index in [4.69, 9.17) is 4.18 Å². The molecule has 0 heterocycles. The minimum absolute atomic E-state index is 0.0718. The maximum Gasteiger partial charge on any atom is 0.339 e. The van der Waals surface area contributed by atoms with Gasteiger partial charge in [-0.3, -0.25) is 0 Å². The zero-order valence-electron chi connectivity index (χ0n) is 14.0. The van der Waals surface area contributed by atoms with Crippen LogP contribution in [-0.4, -0.2) is 14.7 Å². The Balaban J connectivity index is 1.77. The topological polar surface area (TPSA) is 43.4 Å². The summed E-state index contributed by atoms with van der Waals surface area (Å²) in [6, 6.07) is 24.1. The molecule has 0 saturated heterocycles. The summed E-state index contributed by atoms with van der Waals surface area (Å²) in [6.07, 6.45) is 2.15. The SMILES string of the molecule is Cc1ccc(S(=O)(=O)Oc2ccc([S+](C)c3ccccc3)cc2)cc1. The third-order valence-electron chi connectivity index (χ3n) is 3.79. The van der Waals surface area contributed by atoms with Gasteiger partial charge < -0.3 is 4.18 Å². The molecule has 5 heteroatoms. The molecule has 0 spiro atoms. The van der Waals surface area contributed by atoms with Crippen LogP contribution in [0, 0.1) is 6.92 Å². The lowest BCUT2D eigenvalue weighted by molar-refractivity contribution is 0.486. The van der Waals surface area contributed by atoms with Crippen molar-refractivity contribution in [1.29, 1.82) is 0 Å². The predicted molar refractivity (Wildman–Crippen MR) is 102 cm³/mol. The van der Waals surface area contributed by atoms with Crippen LogP contribution in [-0.2, 0) is 21.0 Å². The van der Waals surface area contributed by atoms with Gasteiger partial charge in [0.15, 0.2) is 9.79 Å². The minimum Gasteiger partial charge on any atom is -0.379 e. The fraction of sp³-hybridized carbons (Fsp3) is 0.100. The van der Waals surface area contributed by atoms with Gasteiger partial charge in [-0.25, -0.2) is 0 Å². The summed E-state index contributed by atoms with van der Waals surface area (Å²) < 4.78 is 29.9. The van der Waals surface area contributed by atoms with Crippen molar-refractivity contribution in [1.82, 2.24) is 0 Å². The summed E-state index contributed by atoms with van der Waals surface area (Å²) in [6.45, 7) is 1.91. The molecule has 25 heavy (non-hydrogen) atoms. The maximum absolute atomic E-state index is 12.3. The third kappa shape index (κ3) is 4.24. The lowest BCUT2D eigenvalue weighted by Crippen LogP contribution is -2.09. The average Bonchev–Trinajstić information content (AvgIpc) is 2.62. The molecule has 1 unspecified atom stereocenters. The van der Waals surface area contributed by atoms with Crippen molar-refractivity contribution in [3.8, 4) is 5.75 Å². The molecular formula is C20H19O3S2+. The van der Waals surface area contributed by atoms with Crippen LogP contribution in [0.3, 0.4) is 0 Å². The van der Waals surface area contributed by atoms with Crippen molar-refractivity contribution >= 4 is 21.0 Å². The van der Waals surface area contributed by atoms with Crippen LogP contribution in [0.2, 0.25) is 0 Å². The molecule has 1 atom stereocenters. The number of aryl methyl sites for hydroxylation is 1. The van der Waals surface area contributed by atoms with E-state index in [1.165, 1.54) is 4.90 Å². The molecule has 3 aromatic carbocycles. The molecule has 0 aliphatic heterocycles. The number of rotatable bonds is 5. The van der Waals surface area contributed by atoms with E-state index in [0.29, 0.717) is 5.75 Å². The minimum atomic E-state index is -3.81. The van der Waals surface area contributed by atoms with Crippen LogP contribution in [0.25, 0.3) is 0 Å². The van der Waals surface area contributed by atoms with Crippen molar-refractivity contribution < 1.29 is 12.6 Å². The Morgan fingerprint density at radius 1 is 0.760 bits per heavy atom. The molecule has 0 radical (unpaired) electrons. The molecule has 3 nitrogen and oxygen atoms in total. The van der Waals surface area contributed by atoms with E-state index in [0.717, 1.165) is 10.5 Å². The lowest BCUT2D eigenvalue weighted by atomic mass is 10.2. The van der Waals surface area contributed by atoms with Crippen molar-refractivity contribution in [2.75, 3.05) is 6.26 Å². The highest BCUT2D eigenvalue weighted by Gasteiger charge is 2.20. The first-order valence-electron chi connectivity index (χ1n) is 7.78. The first kappa shape index (κ1) is 17.6. The Kier molecular flexibility index (Phi) is 5.16. The zero-order chi connectivity index (χ0) is 17.9. The van der Waals surface area contributed by atoms with Gasteiger partial charge >= 0.3 is 10.1 Å². The highest BCUT2D eigenvalue weighted by atomic mass is 32.2. The quantitative estimate of drug-likeness (QED) is 0.492. The fourth-order valence-electron chi connectivity index (χ4n) is 2.34. The molecule has 0 aliphatic carbocycles. The Morgan fingerprint density at radius 3 is 1.92 bits per heavy atom. The van der Waals surface area contributed by atoms with Crippen LogP contribution < -0.4 is 4.18 Å². The molecule has 128 valence electrons. The van der Waals surface area contributed by atoms with E-state index in [1.807, 2.05) is 37.3 Å². The van der Waals surface area contributed by atoms with Crippen molar-refractivity contribution in [3.05, 3.63) is 84.4 Å². The molecule has 3 rings (SSSR count). The van der Waals surface area contributed by atoms with Crippen LogP contribution in [0.5, 0.6) is 5.75 Å². The predicted octanol–water partition coefficient (Wildman–Crippen LogP) is 4.43. The summed E-state index contributed by atoms with van der Waals surface area (Å²) >= 11 is 0. The van der Waals surface area contributed by atoms with Gasteiger partial charge in [0.1, 0.15) is 16.9 Å². The average molecular weight is 372 g/mol. The lowest BCUT2D eigenvalue weighted by Gasteiger charge is -2.08. The van der Waals surface area contributed by atoms with Gasteiger partial charge in [-0.05, 0) is 55.5 Å². The normalized spacial score (nSPS) is 12.6. The highest BCUT2D eigenvalue weighted by Crippen LogP contribution is 2.25. The summed E-state index contributed by atoms with van der Waals surface area (Å²) in [7, 11) is -3.88. The first-order valence-corrected chi connectivity index (χ1v) is 10.8. The molecule has 0 aromatic heterocycles. The number of hydrogen-bond donors (Lipinski definition) is 0. The summed E-state index contributed by atoms with van der Waals surface area (Å²) in [4.78, 5) is 2.52. The molecule has 0 N–H and O–H groups in total. The molecular weight excluding hydrogens is 352 g/mol. The third-order valence-corrected chi connectivity index (χ3v) is 7.01. The Bertz CT molecular complexity index is 932.